The maximum atomic E-state index is 12.8. The van der Waals surface area contributed by atoms with Gasteiger partial charge < -0.3 is 10.2 Å². The van der Waals surface area contributed by atoms with Crippen molar-refractivity contribution < 1.29 is 19.2 Å². The molecule has 2 aliphatic heterocycles. The third-order valence-corrected chi connectivity index (χ3v) is 6.31. The molecule has 1 fully saturated rings. The molecule has 7 nitrogen and oxygen atoms in total. The Kier molecular flexibility index (Phi) is 5.38. The number of piperidine rings is 1. The molecule has 1 saturated heterocycles. The summed E-state index contributed by atoms with van der Waals surface area (Å²) in [4.78, 5) is 50.5. The van der Waals surface area contributed by atoms with Crippen molar-refractivity contribution in [2.24, 2.45) is 0 Å². The van der Waals surface area contributed by atoms with Crippen LogP contribution < -0.4 is 10.6 Å². The lowest BCUT2D eigenvalue weighted by Crippen LogP contribution is -2.52. The summed E-state index contributed by atoms with van der Waals surface area (Å²) in [5.74, 6) is -1.06. The zero-order valence-electron chi connectivity index (χ0n) is 18.0. The molecule has 0 saturated carbocycles. The molecule has 0 spiro atoms. The molecule has 2 heterocycles. The zero-order chi connectivity index (χ0) is 22.9. The predicted octanol–water partition coefficient (Wildman–Crippen LogP) is 2.46. The van der Waals surface area contributed by atoms with E-state index in [1.54, 1.807) is 12.1 Å². The Balaban J connectivity index is 1.24. The van der Waals surface area contributed by atoms with Gasteiger partial charge in [0, 0.05) is 25.1 Å². The zero-order valence-corrected chi connectivity index (χ0v) is 18.0. The van der Waals surface area contributed by atoms with Crippen LogP contribution in [0, 0.1) is 0 Å². The number of imide groups is 1. The van der Waals surface area contributed by atoms with Crippen LogP contribution in [0.3, 0.4) is 0 Å². The Bertz CT molecular complexity index is 1290. The number of amides is 4. The third kappa shape index (κ3) is 4.09. The van der Waals surface area contributed by atoms with Crippen molar-refractivity contribution in [1.82, 2.24) is 15.5 Å². The van der Waals surface area contributed by atoms with Crippen LogP contribution in [0.25, 0.3) is 10.8 Å². The summed E-state index contributed by atoms with van der Waals surface area (Å²) in [6, 6.07) is 18.8. The van der Waals surface area contributed by atoms with Crippen LogP contribution in [-0.4, -0.2) is 34.6 Å². The van der Waals surface area contributed by atoms with E-state index in [-0.39, 0.29) is 30.6 Å². The van der Waals surface area contributed by atoms with E-state index in [1.165, 1.54) is 4.90 Å². The third-order valence-electron chi connectivity index (χ3n) is 6.31. The topological polar surface area (TPSA) is 95.6 Å². The first kappa shape index (κ1) is 20.9. The van der Waals surface area contributed by atoms with Crippen LogP contribution in [0.5, 0.6) is 0 Å². The highest BCUT2D eigenvalue weighted by Gasteiger charge is 2.39. The smallest absolute Gasteiger partial charge is 0.255 e. The number of nitrogens with one attached hydrogen (secondary N) is 2. The van der Waals surface area contributed by atoms with Crippen LogP contribution in [0.15, 0.2) is 60.7 Å². The molecular weight excluding hydrogens is 418 g/mol. The first-order valence-corrected chi connectivity index (χ1v) is 11.0. The fourth-order valence-corrected chi connectivity index (χ4v) is 4.63. The molecule has 166 valence electrons. The van der Waals surface area contributed by atoms with Crippen molar-refractivity contribution in [2.75, 3.05) is 0 Å². The van der Waals surface area contributed by atoms with E-state index in [4.69, 9.17) is 0 Å². The Morgan fingerprint density at radius 1 is 1.03 bits per heavy atom. The van der Waals surface area contributed by atoms with E-state index in [2.05, 4.69) is 10.6 Å². The van der Waals surface area contributed by atoms with Crippen molar-refractivity contribution in [3.05, 3.63) is 82.9 Å². The molecule has 3 aromatic rings. The Morgan fingerprint density at radius 3 is 2.70 bits per heavy atom. The summed E-state index contributed by atoms with van der Waals surface area (Å²) in [6.07, 6.45) is 0.747. The SMILES string of the molecule is O=C(Cc1ccc2c(c1)CN(C1CCC(=O)NC1=O)C2=O)NCc1cccc2ccccc12. The van der Waals surface area contributed by atoms with Crippen molar-refractivity contribution >= 4 is 34.4 Å². The van der Waals surface area contributed by atoms with Gasteiger partial charge in [-0.15, -0.1) is 0 Å². The second-order valence-electron chi connectivity index (χ2n) is 8.48. The highest BCUT2D eigenvalue weighted by molar-refractivity contribution is 6.05. The average Bonchev–Trinajstić information content (AvgIpc) is 3.13. The van der Waals surface area contributed by atoms with Gasteiger partial charge in [-0.1, -0.05) is 54.6 Å². The molecule has 5 rings (SSSR count). The minimum atomic E-state index is -0.643. The van der Waals surface area contributed by atoms with Gasteiger partial charge in [-0.2, -0.15) is 0 Å². The van der Waals surface area contributed by atoms with E-state index in [1.807, 2.05) is 48.5 Å². The van der Waals surface area contributed by atoms with Gasteiger partial charge in [0.2, 0.25) is 17.7 Å². The van der Waals surface area contributed by atoms with Crippen LogP contribution in [0.4, 0.5) is 0 Å². The highest BCUT2D eigenvalue weighted by Crippen LogP contribution is 2.28. The Hall–Kier alpha value is -4.00. The van der Waals surface area contributed by atoms with Crippen LogP contribution in [0.1, 0.15) is 39.9 Å². The molecule has 1 unspecified atom stereocenters. The van der Waals surface area contributed by atoms with E-state index >= 15 is 0 Å². The predicted molar refractivity (Wildman–Crippen MR) is 122 cm³/mol. The number of rotatable bonds is 5. The lowest BCUT2D eigenvalue weighted by Gasteiger charge is -2.29. The Labute approximate surface area is 190 Å². The fourth-order valence-electron chi connectivity index (χ4n) is 4.63. The molecule has 1 atom stereocenters. The lowest BCUT2D eigenvalue weighted by molar-refractivity contribution is -0.137. The first-order chi connectivity index (χ1) is 16.0. The summed E-state index contributed by atoms with van der Waals surface area (Å²) in [6.45, 7) is 0.735. The molecule has 33 heavy (non-hydrogen) atoms. The second kappa shape index (κ2) is 8.50. The minimum absolute atomic E-state index is 0.103. The monoisotopic (exact) mass is 441 g/mol. The van der Waals surface area contributed by atoms with Crippen molar-refractivity contribution in [2.45, 2.75) is 38.4 Å². The largest absolute Gasteiger partial charge is 0.352 e. The molecule has 2 N–H and O–H groups in total. The summed E-state index contributed by atoms with van der Waals surface area (Å²) in [7, 11) is 0. The van der Waals surface area contributed by atoms with Crippen molar-refractivity contribution in [3.63, 3.8) is 0 Å². The summed E-state index contributed by atoms with van der Waals surface area (Å²) < 4.78 is 0. The van der Waals surface area contributed by atoms with Crippen LogP contribution in [-0.2, 0) is 33.9 Å². The molecule has 2 aliphatic rings. The van der Waals surface area contributed by atoms with Crippen molar-refractivity contribution in [1.29, 1.82) is 0 Å². The van der Waals surface area contributed by atoms with Crippen molar-refractivity contribution in [3.8, 4) is 0 Å². The van der Waals surface area contributed by atoms with Gasteiger partial charge >= 0.3 is 0 Å². The number of fused-ring (bicyclic) bond motifs is 2. The standard InChI is InChI=1S/C26H23N3O4/c30-23-11-10-22(25(32)28-23)29-15-19-12-16(8-9-21(19)26(29)33)13-24(31)27-14-18-6-3-5-17-4-1-2-7-20(17)18/h1-9,12,22H,10-11,13-15H2,(H,27,31)(H,28,30,32). The number of nitrogens with zero attached hydrogens (tertiary/aromatic N) is 1. The maximum absolute atomic E-state index is 12.8. The quantitative estimate of drug-likeness (QED) is 0.595. The lowest BCUT2D eigenvalue weighted by atomic mass is 10.0. The highest BCUT2D eigenvalue weighted by atomic mass is 16.2. The molecule has 3 aromatic carbocycles. The van der Waals surface area contributed by atoms with Crippen LogP contribution >= 0.6 is 0 Å². The van der Waals surface area contributed by atoms with Crippen LogP contribution in [0.2, 0.25) is 0 Å². The number of carbonyl (C=O) groups excluding carboxylic acids is 4. The van der Waals surface area contributed by atoms with E-state index in [9.17, 15) is 19.2 Å². The molecule has 0 aliphatic carbocycles. The number of hydrogen-bond acceptors (Lipinski definition) is 4. The minimum Gasteiger partial charge on any atom is -0.352 e. The number of hydrogen-bond donors (Lipinski definition) is 2. The maximum Gasteiger partial charge on any atom is 0.255 e. The molecule has 0 radical (unpaired) electrons. The van der Waals surface area contributed by atoms with Gasteiger partial charge in [-0.05, 0) is 39.9 Å². The molecule has 7 heteroatoms. The van der Waals surface area contributed by atoms with Gasteiger partial charge in [-0.3, -0.25) is 24.5 Å². The van der Waals surface area contributed by atoms with E-state index < -0.39 is 11.9 Å². The van der Waals surface area contributed by atoms with Gasteiger partial charge in [0.1, 0.15) is 6.04 Å². The molecule has 4 amide bonds. The number of carbonyl (C=O) groups is 4. The Morgan fingerprint density at radius 2 is 1.85 bits per heavy atom. The summed E-state index contributed by atoms with van der Waals surface area (Å²) >= 11 is 0. The molecule has 0 aromatic heterocycles. The number of benzene rings is 3. The van der Waals surface area contributed by atoms with E-state index in [0.29, 0.717) is 25.1 Å². The summed E-state index contributed by atoms with van der Waals surface area (Å²) in [5, 5.41) is 7.54. The van der Waals surface area contributed by atoms with Gasteiger partial charge in [0.25, 0.3) is 5.91 Å². The summed E-state index contributed by atoms with van der Waals surface area (Å²) in [5.41, 5.74) is 3.20. The molecular formula is C26H23N3O4. The molecule has 0 bridgehead atoms. The van der Waals surface area contributed by atoms with Gasteiger partial charge in [0.05, 0.1) is 6.42 Å². The average molecular weight is 441 g/mol. The second-order valence-corrected chi connectivity index (χ2v) is 8.48. The van der Waals surface area contributed by atoms with Gasteiger partial charge in [0.15, 0.2) is 0 Å². The fraction of sp³-hybridized carbons (Fsp3) is 0.231. The van der Waals surface area contributed by atoms with Gasteiger partial charge in [-0.25, -0.2) is 0 Å². The normalized spacial score (nSPS) is 17.8. The first-order valence-electron chi connectivity index (χ1n) is 11.0. The van der Waals surface area contributed by atoms with E-state index in [0.717, 1.165) is 27.5 Å².